The number of nitrogens with zero attached hydrogens (tertiary/aromatic N) is 8. The average molecular weight is 1620 g/mol. The fourth-order valence-electron chi connectivity index (χ4n) is 11.8. The normalized spacial score (nSPS) is 11.3. The number of fused-ring (bicyclic) bond motifs is 20. The largest absolute Gasteiger partial charge is 0.522 e. The molecule has 0 fully saturated rings. The van der Waals surface area contributed by atoms with Gasteiger partial charge in [0.25, 0.3) is 0 Å². The smallest absolute Gasteiger partial charge is 0.457 e. The quantitative estimate of drug-likeness (QED) is 0.0771. The fourth-order valence-corrected chi connectivity index (χ4v) is 11.8. The van der Waals surface area contributed by atoms with Gasteiger partial charge >= 0.3 is 15.6 Å². The molecule has 0 saturated carbocycles. The van der Waals surface area contributed by atoms with E-state index >= 15 is 0 Å². The molecule has 2 radical (unpaired) electrons. The van der Waals surface area contributed by atoms with Crippen LogP contribution in [0, 0.1) is 32.0 Å². The second kappa shape index (κ2) is 27.7. The first-order valence-corrected chi connectivity index (χ1v) is 30.2. The second-order valence-corrected chi connectivity index (χ2v) is 22.9. The molecule has 18 aromatic rings. The van der Waals surface area contributed by atoms with Gasteiger partial charge in [0.05, 0.1) is 49.7 Å². The third-order valence-electron chi connectivity index (χ3n) is 15.7. The zero-order valence-electron chi connectivity index (χ0n) is 50.0. The van der Waals surface area contributed by atoms with Crippen LogP contribution < -0.4 is 0 Å². The average Bonchev–Trinajstić information content (AvgIpc) is 1.56. The Kier molecular flexibility index (Phi) is 19.7. The Bertz CT molecular complexity index is 5490. The Balaban J connectivity index is 0.000000136. The third kappa shape index (κ3) is 12.3. The Labute approximate surface area is 563 Å². The maximum absolute atomic E-state index is 10.7. The van der Waals surface area contributed by atoms with Crippen molar-refractivity contribution in [3.05, 3.63) is 290 Å². The number of alkyl halides is 3. The monoisotopic (exact) mass is 1620 g/mol. The van der Waals surface area contributed by atoms with Crippen LogP contribution in [0.5, 0.6) is 0 Å². The summed E-state index contributed by atoms with van der Waals surface area (Å²) in [5, 5.41) is 9.90. The molecule has 8 aromatic heterocycles. The number of pyridine rings is 2. The molecule has 0 saturated heterocycles. The predicted octanol–water partition coefficient (Wildman–Crippen LogP) is 16.5. The number of hydrogen-bond acceptors (Lipinski definition) is 6. The van der Waals surface area contributed by atoms with Crippen LogP contribution in [-0.4, -0.2) is 56.0 Å². The van der Waals surface area contributed by atoms with Crippen molar-refractivity contribution in [2.45, 2.75) is 19.4 Å². The van der Waals surface area contributed by atoms with Gasteiger partial charge < -0.3 is 25.3 Å². The minimum Gasteiger partial charge on any atom is -0.457 e. The summed E-state index contributed by atoms with van der Waals surface area (Å²) in [5.74, 6) is 1.87. The van der Waals surface area contributed by atoms with Crippen LogP contribution in [0.4, 0.5) is 13.2 Å². The number of halogens is 3. The SMILES string of the molecule is Cc1ccc(-c2[c-]cccc2)nc1.Cc1ccc(-c2[c-]cccc2)nc1.O=S(=O)(O)C(F)(F)F.[Ir].[Ir].[OH3+].[OH3+].[c-]1cccc2c3cccc4c5ccccc5n5c6ccccc6nc5n(c12)c34.c1ccc2c(c1)nc1n2c2ccccc2c2cccc3c4ccccc4n1c23. The minimum atomic E-state index is -5.84. The molecule has 0 atom stereocenters. The van der Waals surface area contributed by atoms with Gasteiger partial charge in [-0.3, -0.25) is 17.8 Å². The van der Waals surface area contributed by atoms with E-state index < -0.39 is 15.6 Å². The molecular weight excluding hydrogens is 1570 g/mol. The van der Waals surface area contributed by atoms with Gasteiger partial charge in [-0.2, -0.15) is 45.9 Å². The van der Waals surface area contributed by atoms with Crippen molar-refractivity contribution >= 4 is 120 Å². The summed E-state index contributed by atoms with van der Waals surface area (Å²) in [6.45, 7) is 4.07. The molecule has 0 amide bonds. The van der Waals surface area contributed by atoms with Crippen molar-refractivity contribution in [1.29, 1.82) is 0 Å². The molecule has 0 aliphatic heterocycles. The molecule has 94 heavy (non-hydrogen) atoms. The van der Waals surface area contributed by atoms with Crippen molar-refractivity contribution in [2.75, 3.05) is 0 Å². The van der Waals surface area contributed by atoms with Crippen LogP contribution in [-0.2, 0) is 61.3 Å². The number of para-hydroxylation sites is 10. The van der Waals surface area contributed by atoms with E-state index in [9.17, 15) is 13.2 Å². The van der Waals surface area contributed by atoms with Crippen LogP contribution in [0.2, 0.25) is 0 Å². The van der Waals surface area contributed by atoms with Crippen molar-refractivity contribution in [3.63, 3.8) is 0 Å². The molecule has 0 aliphatic carbocycles. The summed E-state index contributed by atoms with van der Waals surface area (Å²) in [7, 11) is -5.84. The molecule has 472 valence electrons. The first-order valence-electron chi connectivity index (χ1n) is 28.8. The van der Waals surface area contributed by atoms with Gasteiger partial charge in [0.2, 0.25) is 11.6 Å². The number of benzene rings is 10. The van der Waals surface area contributed by atoms with Gasteiger partial charge in [-0.15, -0.1) is 77.2 Å². The Hall–Kier alpha value is -10.0. The maximum atomic E-state index is 10.7. The van der Waals surface area contributed by atoms with Crippen LogP contribution in [0.1, 0.15) is 11.1 Å². The Morgan fingerprint density at radius 2 is 0.723 bits per heavy atom. The number of rotatable bonds is 2. The molecule has 18 rings (SSSR count). The van der Waals surface area contributed by atoms with E-state index in [1.165, 1.54) is 76.3 Å². The molecule has 7 N–H and O–H groups in total. The molecule has 13 nitrogen and oxygen atoms in total. The molecular formula is C75H56F3Ir2N8O5S-. The van der Waals surface area contributed by atoms with Crippen molar-refractivity contribution in [2.24, 2.45) is 0 Å². The van der Waals surface area contributed by atoms with E-state index in [-0.39, 0.29) is 51.2 Å². The van der Waals surface area contributed by atoms with Crippen LogP contribution in [0.15, 0.2) is 261 Å². The van der Waals surface area contributed by atoms with Crippen LogP contribution in [0.3, 0.4) is 0 Å². The number of aryl methyl sites for hydroxylation is 2. The van der Waals surface area contributed by atoms with Gasteiger partial charge in [-0.05, 0) is 84.2 Å². The topological polar surface area (TPSA) is 190 Å². The zero-order valence-corrected chi connectivity index (χ0v) is 55.6. The van der Waals surface area contributed by atoms with E-state index in [0.717, 1.165) is 67.2 Å². The first kappa shape index (κ1) is 66.9. The molecule has 8 heterocycles. The van der Waals surface area contributed by atoms with Gasteiger partial charge in [-0.1, -0.05) is 145 Å². The molecule has 19 heteroatoms. The standard InChI is InChI=1S/C25H15N3.C25H14N3.2C12H10N.CHF3O3S.2Ir.2H2O/c2*1-4-13-21-16(8-1)18-10-7-11-19-17-9-2-5-14-22(17)28(24(18)19)25-26-20-12-3-6-15-23(20)27(21)25;2*1-10-7-8-12(13-9-10)11-5-3-2-4-6-11;2-1(3,4)8(5,6)7;;;;/h1-15H;1-13,15H;2*2-5,7-9H,1H3;(H,5,6,7);;;2*1H2/q;3*-1;;;;;/p+2. The van der Waals surface area contributed by atoms with E-state index in [4.69, 9.17) is 22.9 Å². The van der Waals surface area contributed by atoms with Gasteiger partial charge in [0, 0.05) is 84.9 Å². The van der Waals surface area contributed by atoms with Crippen LogP contribution in [0.25, 0.3) is 132 Å². The number of imidazole rings is 2. The maximum Gasteiger partial charge on any atom is 0.522 e. The first-order chi connectivity index (χ1) is 43.8. The number of aromatic nitrogens is 8. The summed E-state index contributed by atoms with van der Waals surface area (Å²) in [4.78, 5) is 18.8. The van der Waals surface area contributed by atoms with E-state index in [1.54, 1.807) is 0 Å². The Morgan fingerprint density at radius 3 is 1.13 bits per heavy atom. The van der Waals surface area contributed by atoms with Crippen LogP contribution >= 0.6 is 0 Å². The third-order valence-corrected chi connectivity index (χ3v) is 16.3. The van der Waals surface area contributed by atoms with E-state index in [0.29, 0.717) is 0 Å². The Morgan fingerprint density at radius 1 is 0.383 bits per heavy atom. The molecule has 0 spiro atoms. The number of hydrogen-bond donors (Lipinski definition) is 1. The van der Waals surface area contributed by atoms with Gasteiger partial charge in [-0.25, -0.2) is 9.97 Å². The zero-order chi connectivity index (χ0) is 61.7. The van der Waals surface area contributed by atoms with Gasteiger partial charge in [0.15, 0.2) is 0 Å². The summed E-state index contributed by atoms with van der Waals surface area (Å²) < 4.78 is 66.7. The summed E-state index contributed by atoms with van der Waals surface area (Å²) in [6, 6.07) is 95.6. The molecule has 0 unspecified atom stereocenters. The van der Waals surface area contributed by atoms with Crippen molar-refractivity contribution in [1.82, 2.24) is 37.5 Å². The molecule has 10 aromatic carbocycles. The second-order valence-electron chi connectivity index (χ2n) is 21.4. The van der Waals surface area contributed by atoms with E-state index in [2.05, 4.69) is 222 Å². The summed E-state index contributed by atoms with van der Waals surface area (Å²) in [5.41, 5.74) is 12.1. The molecule has 0 bridgehead atoms. The predicted molar refractivity (Wildman–Crippen MR) is 365 cm³/mol. The molecule has 0 aliphatic rings. The summed E-state index contributed by atoms with van der Waals surface area (Å²) in [6.07, 6.45) is 3.74. The fraction of sp³-hybridized carbons (Fsp3) is 0.0400. The van der Waals surface area contributed by atoms with E-state index in [1.807, 2.05) is 99.0 Å². The van der Waals surface area contributed by atoms with Crippen molar-refractivity contribution in [3.8, 4) is 22.5 Å². The minimum absolute atomic E-state index is 0. The van der Waals surface area contributed by atoms with Gasteiger partial charge in [0.1, 0.15) is 0 Å². The van der Waals surface area contributed by atoms with Crippen molar-refractivity contribution < 1.29 is 77.3 Å². The summed E-state index contributed by atoms with van der Waals surface area (Å²) >= 11 is 0.